The van der Waals surface area contributed by atoms with Crippen LogP contribution < -0.4 is 15.4 Å². The van der Waals surface area contributed by atoms with Gasteiger partial charge >= 0.3 is 5.97 Å². The summed E-state index contributed by atoms with van der Waals surface area (Å²) < 4.78 is 5.78. The van der Waals surface area contributed by atoms with E-state index in [1.54, 1.807) is 31.7 Å². The van der Waals surface area contributed by atoms with Crippen LogP contribution in [-0.4, -0.2) is 54.0 Å². The van der Waals surface area contributed by atoms with E-state index in [1.807, 2.05) is 19.1 Å². The van der Waals surface area contributed by atoms with Gasteiger partial charge in [0.25, 0.3) is 0 Å². The number of ether oxygens (including phenoxy) is 1. The number of nitrogens with two attached hydrogens (primary N) is 1. The summed E-state index contributed by atoms with van der Waals surface area (Å²) in [4.78, 5) is 27.0. The van der Waals surface area contributed by atoms with E-state index in [0.29, 0.717) is 24.5 Å². The second kappa shape index (κ2) is 11.1. The molecule has 0 amide bonds. The van der Waals surface area contributed by atoms with Crippen molar-refractivity contribution in [2.75, 3.05) is 31.6 Å². The third-order valence-electron chi connectivity index (χ3n) is 6.24. The highest BCUT2D eigenvalue weighted by Crippen LogP contribution is 2.39. The molecule has 1 fully saturated rings. The van der Waals surface area contributed by atoms with Crippen molar-refractivity contribution in [2.45, 2.75) is 46.5 Å². The van der Waals surface area contributed by atoms with E-state index in [2.05, 4.69) is 33.7 Å². The van der Waals surface area contributed by atoms with Gasteiger partial charge in [0.15, 0.2) is 0 Å². The Labute approximate surface area is 201 Å². The molecular formula is C26H35N5O3. The fourth-order valence-corrected chi connectivity index (χ4v) is 4.05. The zero-order valence-corrected chi connectivity index (χ0v) is 20.5. The molecular weight excluding hydrogens is 430 g/mol. The third-order valence-corrected chi connectivity index (χ3v) is 6.24. The van der Waals surface area contributed by atoms with E-state index < -0.39 is 5.97 Å². The Bertz CT molecular complexity index is 1050. The lowest BCUT2D eigenvalue weighted by molar-refractivity contribution is -0.136. The van der Waals surface area contributed by atoms with Gasteiger partial charge in [0.05, 0.1) is 30.6 Å². The van der Waals surface area contributed by atoms with E-state index in [1.165, 1.54) is 0 Å². The van der Waals surface area contributed by atoms with Crippen LogP contribution in [0, 0.1) is 12.3 Å². The van der Waals surface area contributed by atoms with Crippen molar-refractivity contribution in [3.05, 3.63) is 47.6 Å². The first-order chi connectivity index (χ1) is 16.2. The molecule has 1 aliphatic heterocycles. The summed E-state index contributed by atoms with van der Waals surface area (Å²) in [5, 5.41) is 9.57. The highest BCUT2D eigenvalue weighted by Gasteiger charge is 2.29. The molecule has 3 heterocycles. The van der Waals surface area contributed by atoms with Gasteiger partial charge in [0.1, 0.15) is 5.75 Å². The van der Waals surface area contributed by atoms with Crippen molar-refractivity contribution in [1.29, 1.82) is 0 Å². The molecule has 0 saturated carbocycles. The van der Waals surface area contributed by atoms with Crippen molar-refractivity contribution in [2.24, 2.45) is 16.1 Å². The van der Waals surface area contributed by atoms with Gasteiger partial charge in [-0.05, 0) is 43.4 Å². The second-order valence-corrected chi connectivity index (χ2v) is 9.43. The summed E-state index contributed by atoms with van der Waals surface area (Å²) in [5.41, 5.74) is 10.9. The first-order valence-electron chi connectivity index (χ1n) is 11.6. The number of piperidine rings is 1. The van der Waals surface area contributed by atoms with Crippen LogP contribution in [0.25, 0.3) is 11.3 Å². The largest absolute Gasteiger partial charge is 0.492 e. The number of allylic oxidation sites excluding steroid dienone is 1. The minimum Gasteiger partial charge on any atom is -0.492 e. The van der Waals surface area contributed by atoms with Crippen molar-refractivity contribution < 1.29 is 14.6 Å². The van der Waals surface area contributed by atoms with Gasteiger partial charge in [0.2, 0.25) is 0 Å². The lowest BCUT2D eigenvalue weighted by atomic mass is 9.82. The van der Waals surface area contributed by atoms with Gasteiger partial charge in [-0.25, -0.2) is 0 Å². The quantitative estimate of drug-likeness (QED) is 0.538. The van der Waals surface area contributed by atoms with Crippen LogP contribution in [0.5, 0.6) is 5.75 Å². The molecule has 8 heteroatoms. The number of aliphatic carboxylic acids is 1. The van der Waals surface area contributed by atoms with Crippen molar-refractivity contribution in [3.8, 4) is 17.0 Å². The zero-order valence-electron chi connectivity index (χ0n) is 20.5. The molecule has 0 aliphatic carbocycles. The van der Waals surface area contributed by atoms with Crippen molar-refractivity contribution >= 4 is 17.9 Å². The van der Waals surface area contributed by atoms with Gasteiger partial charge in [-0.3, -0.25) is 19.8 Å². The van der Waals surface area contributed by atoms with E-state index in [9.17, 15) is 9.90 Å². The Morgan fingerprint density at radius 1 is 1.26 bits per heavy atom. The SMILES string of the molecule is CN=CC=C(N)CCOc1ccc(-c2cnc(C)c(CC(=O)O)c2N2CCC(C)(C)CC2)nc1. The van der Waals surface area contributed by atoms with E-state index in [4.69, 9.17) is 10.5 Å². The number of carbonyl (C=O) groups is 1. The molecule has 0 atom stereocenters. The summed E-state index contributed by atoms with van der Waals surface area (Å²) in [6.07, 6.45) is 9.50. The van der Waals surface area contributed by atoms with Crippen LogP contribution in [0.4, 0.5) is 5.69 Å². The number of aryl methyl sites for hydroxylation is 1. The second-order valence-electron chi connectivity index (χ2n) is 9.43. The topological polar surface area (TPSA) is 114 Å². The fraction of sp³-hybridized carbons (Fsp3) is 0.462. The first kappa shape index (κ1) is 25.2. The van der Waals surface area contributed by atoms with Crippen LogP contribution in [0.15, 0.2) is 41.3 Å². The molecule has 1 saturated heterocycles. The summed E-state index contributed by atoms with van der Waals surface area (Å²) >= 11 is 0. The molecule has 0 unspecified atom stereocenters. The minimum atomic E-state index is -0.865. The maximum atomic E-state index is 11.7. The minimum absolute atomic E-state index is 0.0687. The monoisotopic (exact) mass is 465 g/mol. The predicted molar refractivity (Wildman–Crippen MR) is 136 cm³/mol. The summed E-state index contributed by atoms with van der Waals surface area (Å²) in [5.74, 6) is -0.219. The molecule has 0 radical (unpaired) electrons. The Morgan fingerprint density at radius 2 is 2.00 bits per heavy atom. The molecule has 0 aromatic carbocycles. The van der Waals surface area contributed by atoms with Gasteiger partial charge < -0.3 is 20.5 Å². The Balaban J connectivity index is 1.86. The molecule has 8 nitrogen and oxygen atoms in total. The molecule has 2 aromatic heterocycles. The van der Waals surface area contributed by atoms with Crippen LogP contribution in [0.3, 0.4) is 0 Å². The van der Waals surface area contributed by atoms with E-state index >= 15 is 0 Å². The molecule has 0 bridgehead atoms. The number of carboxylic acids is 1. The lowest BCUT2D eigenvalue weighted by Gasteiger charge is -2.40. The third kappa shape index (κ3) is 6.56. The number of anilines is 1. The standard InChI is InChI=1S/C26H35N5O3/c1-18-21(15-24(32)33)25(31-12-9-26(2,3)10-13-31)22(17-29-18)23-6-5-20(16-30-23)34-14-8-19(27)7-11-28-4/h5-7,11,16-17H,8-10,12-15,27H2,1-4H3,(H,32,33). The molecule has 3 N–H and O–H groups in total. The highest BCUT2D eigenvalue weighted by molar-refractivity contribution is 5.83. The van der Waals surface area contributed by atoms with Gasteiger partial charge in [0, 0.05) is 61.5 Å². The zero-order chi connectivity index (χ0) is 24.7. The lowest BCUT2D eigenvalue weighted by Crippen LogP contribution is -2.38. The number of hydrogen-bond donors (Lipinski definition) is 2. The Kier molecular flexibility index (Phi) is 8.26. The molecule has 2 aromatic rings. The van der Waals surface area contributed by atoms with Crippen LogP contribution in [-0.2, 0) is 11.2 Å². The normalized spacial score (nSPS) is 16.1. The number of aliphatic imine (C=N–C) groups is 1. The van der Waals surface area contributed by atoms with Crippen molar-refractivity contribution in [1.82, 2.24) is 9.97 Å². The Morgan fingerprint density at radius 3 is 2.62 bits per heavy atom. The predicted octanol–water partition coefficient (Wildman–Crippen LogP) is 4.02. The summed E-state index contributed by atoms with van der Waals surface area (Å²) in [6.45, 7) is 8.61. The smallest absolute Gasteiger partial charge is 0.307 e. The van der Waals surface area contributed by atoms with Crippen LogP contribution in [0.1, 0.15) is 44.4 Å². The van der Waals surface area contributed by atoms with E-state index in [0.717, 1.165) is 54.1 Å². The van der Waals surface area contributed by atoms with Gasteiger partial charge in [-0.1, -0.05) is 13.8 Å². The summed E-state index contributed by atoms with van der Waals surface area (Å²) in [6, 6.07) is 3.77. The first-order valence-corrected chi connectivity index (χ1v) is 11.6. The highest BCUT2D eigenvalue weighted by atomic mass is 16.5. The molecule has 34 heavy (non-hydrogen) atoms. The maximum absolute atomic E-state index is 11.7. The number of carboxylic acid groups (broad SMARTS) is 1. The van der Waals surface area contributed by atoms with Gasteiger partial charge in [-0.2, -0.15) is 0 Å². The van der Waals surface area contributed by atoms with Crippen molar-refractivity contribution in [3.63, 3.8) is 0 Å². The van der Waals surface area contributed by atoms with E-state index in [-0.39, 0.29) is 11.8 Å². The molecule has 0 spiro atoms. The van der Waals surface area contributed by atoms with Crippen LogP contribution in [0.2, 0.25) is 0 Å². The molecule has 3 rings (SSSR count). The molecule has 182 valence electrons. The Hall–Kier alpha value is -3.42. The number of nitrogens with zero attached hydrogens (tertiary/aromatic N) is 4. The summed E-state index contributed by atoms with van der Waals surface area (Å²) in [7, 11) is 1.69. The molecule has 1 aliphatic rings. The number of aromatic nitrogens is 2. The maximum Gasteiger partial charge on any atom is 0.307 e. The number of pyridine rings is 2. The number of hydrogen-bond acceptors (Lipinski definition) is 7. The van der Waals surface area contributed by atoms with Gasteiger partial charge in [-0.15, -0.1) is 0 Å². The average molecular weight is 466 g/mol. The average Bonchev–Trinajstić information content (AvgIpc) is 2.79. The fourth-order valence-electron chi connectivity index (χ4n) is 4.05. The number of rotatable bonds is 9. The van der Waals surface area contributed by atoms with Crippen LogP contribution >= 0.6 is 0 Å².